The second kappa shape index (κ2) is 5.34. The monoisotopic (exact) mass is 367 g/mol. The summed E-state index contributed by atoms with van der Waals surface area (Å²) in [4.78, 5) is 38.5. The molecule has 2 aromatic carbocycles. The Balaban J connectivity index is 2.15. The molecule has 0 aliphatic heterocycles. The first-order valence-corrected chi connectivity index (χ1v) is 7.77. The van der Waals surface area contributed by atoms with E-state index in [1.54, 1.807) is 13.0 Å². The van der Waals surface area contributed by atoms with E-state index in [4.69, 9.17) is 9.15 Å². The number of rotatable bonds is 1. The predicted octanol–water partition coefficient (Wildman–Crippen LogP) is 1.37. The van der Waals surface area contributed by atoms with E-state index in [1.165, 1.54) is 13.2 Å². The lowest BCUT2D eigenvalue weighted by Gasteiger charge is -2.23. The summed E-state index contributed by atoms with van der Waals surface area (Å²) in [6, 6.07) is 3.62. The van der Waals surface area contributed by atoms with Crippen molar-refractivity contribution in [2.45, 2.75) is 6.92 Å². The Morgan fingerprint density at radius 1 is 0.963 bits per heavy atom. The van der Waals surface area contributed by atoms with Crippen LogP contribution in [0.1, 0.15) is 37.6 Å². The maximum Gasteiger partial charge on any atom is 0.229 e. The summed E-state index contributed by atoms with van der Waals surface area (Å²) in [7, 11) is 1.41. The van der Waals surface area contributed by atoms with Gasteiger partial charge in [-0.15, -0.1) is 0 Å². The van der Waals surface area contributed by atoms with Crippen LogP contribution in [0.4, 0.5) is 0 Å². The second-order valence-electron chi connectivity index (χ2n) is 6.10. The minimum absolute atomic E-state index is 0.0111. The van der Waals surface area contributed by atoms with Crippen molar-refractivity contribution >= 4 is 22.5 Å². The Kier molecular flexibility index (Phi) is 3.29. The third kappa shape index (κ3) is 2.06. The van der Waals surface area contributed by atoms with Crippen LogP contribution >= 0.6 is 0 Å². The van der Waals surface area contributed by atoms with Crippen LogP contribution in [0.25, 0.3) is 11.0 Å². The molecule has 0 unspecified atom stereocenters. The molecule has 136 valence electrons. The first-order valence-electron chi connectivity index (χ1n) is 7.77. The van der Waals surface area contributed by atoms with Crippen molar-refractivity contribution in [2.24, 2.45) is 0 Å². The van der Waals surface area contributed by atoms with Crippen LogP contribution in [0.3, 0.4) is 0 Å². The van der Waals surface area contributed by atoms with Gasteiger partial charge in [0.1, 0.15) is 28.4 Å². The number of aromatic hydroxyl groups is 2. The quantitative estimate of drug-likeness (QED) is 0.514. The SMILES string of the molecule is COc1cc(C)c2c(=O)c3c(oc2c1)C(=O)c1c([O-])c(O)cc(O)c1C3=O. The topological polar surface area (TPSA) is 137 Å². The zero-order chi connectivity index (χ0) is 19.6. The van der Waals surface area contributed by atoms with Gasteiger partial charge in [0.15, 0.2) is 5.76 Å². The summed E-state index contributed by atoms with van der Waals surface area (Å²) in [6.45, 7) is 1.61. The summed E-state index contributed by atoms with van der Waals surface area (Å²) in [5.74, 6) is -5.10. The maximum atomic E-state index is 12.9. The molecule has 0 amide bonds. The molecule has 0 spiro atoms. The predicted molar refractivity (Wildman–Crippen MR) is 89.9 cm³/mol. The van der Waals surface area contributed by atoms with Crippen LogP contribution in [0, 0.1) is 6.92 Å². The van der Waals surface area contributed by atoms with Crippen LogP contribution < -0.4 is 15.3 Å². The van der Waals surface area contributed by atoms with Gasteiger partial charge in [0.2, 0.25) is 17.0 Å². The zero-order valence-electron chi connectivity index (χ0n) is 14.1. The van der Waals surface area contributed by atoms with Gasteiger partial charge in [0.25, 0.3) is 0 Å². The van der Waals surface area contributed by atoms with E-state index in [9.17, 15) is 29.7 Å². The average molecular weight is 367 g/mol. The molecule has 4 rings (SSSR count). The minimum Gasteiger partial charge on any atom is -0.869 e. The highest BCUT2D eigenvalue weighted by molar-refractivity contribution is 6.30. The van der Waals surface area contributed by atoms with E-state index >= 15 is 0 Å². The molecule has 1 aliphatic rings. The second-order valence-corrected chi connectivity index (χ2v) is 6.10. The van der Waals surface area contributed by atoms with Gasteiger partial charge in [-0.05, 0) is 18.6 Å². The maximum absolute atomic E-state index is 12.9. The molecule has 0 saturated carbocycles. The molecule has 0 saturated heterocycles. The normalized spacial score (nSPS) is 12.8. The van der Waals surface area contributed by atoms with Crippen molar-refractivity contribution in [2.75, 3.05) is 7.11 Å². The van der Waals surface area contributed by atoms with E-state index in [-0.39, 0.29) is 11.0 Å². The first kappa shape index (κ1) is 16.6. The fourth-order valence-corrected chi connectivity index (χ4v) is 3.29. The van der Waals surface area contributed by atoms with Crippen molar-refractivity contribution < 1.29 is 34.1 Å². The fourth-order valence-electron chi connectivity index (χ4n) is 3.29. The van der Waals surface area contributed by atoms with Crippen LogP contribution in [-0.4, -0.2) is 28.9 Å². The number of carbonyl (C=O) groups is 2. The number of carbonyl (C=O) groups excluding carboxylic acids is 2. The summed E-state index contributed by atoms with van der Waals surface area (Å²) >= 11 is 0. The van der Waals surface area contributed by atoms with Gasteiger partial charge in [-0.1, -0.05) is 5.75 Å². The summed E-state index contributed by atoms with van der Waals surface area (Å²) in [5, 5.41) is 31.8. The van der Waals surface area contributed by atoms with Gasteiger partial charge < -0.3 is 24.5 Å². The molecule has 0 bridgehead atoms. The molecule has 8 heteroatoms. The van der Waals surface area contributed by atoms with Crippen molar-refractivity contribution in [3.05, 3.63) is 56.4 Å². The van der Waals surface area contributed by atoms with E-state index in [0.29, 0.717) is 17.4 Å². The van der Waals surface area contributed by atoms with Crippen molar-refractivity contribution in [1.82, 2.24) is 0 Å². The van der Waals surface area contributed by atoms with E-state index in [1.807, 2.05) is 0 Å². The van der Waals surface area contributed by atoms with Crippen molar-refractivity contribution in [3.8, 4) is 23.0 Å². The Labute approximate surface area is 150 Å². The minimum atomic E-state index is -1.13. The standard InChI is InChI=1S/C19H12O8/c1-6-3-7(26-2)4-10-11(6)16(23)14-17(24)12-8(20)5-9(21)15(22)13(12)18(25)19(14)27-10/h3-5,20-22H,1-2H3/p-1. The van der Waals surface area contributed by atoms with Gasteiger partial charge in [-0.3, -0.25) is 14.4 Å². The molecular weight excluding hydrogens is 356 g/mol. The van der Waals surface area contributed by atoms with Crippen molar-refractivity contribution in [3.63, 3.8) is 0 Å². The smallest absolute Gasteiger partial charge is 0.229 e. The summed E-state index contributed by atoms with van der Waals surface area (Å²) in [6.07, 6.45) is 0. The van der Waals surface area contributed by atoms with E-state index in [2.05, 4.69) is 0 Å². The Hall–Kier alpha value is -3.81. The van der Waals surface area contributed by atoms with Crippen LogP contribution in [0.2, 0.25) is 0 Å². The van der Waals surface area contributed by atoms with Gasteiger partial charge in [0, 0.05) is 17.7 Å². The lowest BCUT2D eigenvalue weighted by atomic mass is 9.85. The van der Waals surface area contributed by atoms with Crippen LogP contribution in [-0.2, 0) is 0 Å². The molecule has 8 nitrogen and oxygen atoms in total. The molecule has 2 N–H and O–H groups in total. The molecule has 0 radical (unpaired) electrons. The third-order valence-electron chi connectivity index (χ3n) is 4.53. The van der Waals surface area contributed by atoms with Crippen LogP contribution in [0.5, 0.6) is 23.0 Å². The fraction of sp³-hybridized carbons (Fsp3) is 0.105. The largest absolute Gasteiger partial charge is 0.869 e. The molecule has 1 heterocycles. The average Bonchev–Trinajstić information content (AvgIpc) is 2.61. The molecule has 3 aromatic rings. The number of ether oxygens (including phenoxy) is 1. The number of benzene rings is 2. The molecule has 27 heavy (non-hydrogen) atoms. The first-order chi connectivity index (χ1) is 12.8. The third-order valence-corrected chi connectivity index (χ3v) is 4.53. The highest BCUT2D eigenvalue weighted by atomic mass is 16.5. The Morgan fingerprint density at radius 2 is 1.67 bits per heavy atom. The van der Waals surface area contributed by atoms with Crippen LogP contribution in [0.15, 0.2) is 27.4 Å². The molecule has 0 fully saturated rings. The number of ketones is 2. The number of aryl methyl sites for hydroxylation is 1. The summed E-state index contributed by atoms with van der Waals surface area (Å²) in [5.41, 5.74) is -2.19. The van der Waals surface area contributed by atoms with Crippen molar-refractivity contribution in [1.29, 1.82) is 0 Å². The Bertz CT molecular complexity index is 1250. The highest BCUT2D eigenvalue weighted by Crippen LogP contribution is 2.41. The lowest BCUT2D eigenvalue weighted by Crippen LogP contribution is -2.29. The van der Waals surface area contributed by atoms with Gasteiger partial charge in [-0.25, -0.2) is 0 Å². The number of fused-ring (bicyclic) bond motifs is 3. The van der Waals surface area contributed by atoms with E-state index in [0.717, 1.165) is 0 Å². The van der Waals surface area contributed by atoms with E-state index < -0.39 is 56.7 Å². The van der Waals surface area contributed by atoms with Gasteiger partial charge in [0.05, 0.1) is 18.1 Å². The molecule has 1 aromatic heterocycles. The summed E-state index contributed by atoms with van der Waals surface area (Å²) < 4.78 is 10.6. The molecule has 1 aliphatic carbocycles. The van der Waals surface area contributed by atoms with Gasteiger partial charge in [-0.2, -0.15) is 0 Å². The zero-order valence-corrected chi connectivity index (χ0v) is 14.1. The number of hydrogen-bond donors (Lipinski definition) is 2. The van der Waals surface area contributed by atoms with Gasteiger partial charge >= 0.3 is 0 Å². The molecular formula is C19H11O8-. The number of phenols is 2. The highest BCUT2D eigenvalue weighted by Gasteiger charge is 2.38. The lowest BCUT2D eigenvalue weighted by molar-refractivity contribution is -0.270. The Morgan fingerprint density at radius 3 is 2.33 bits per heavy atom. The molecule has 0 atom stereocenters. The number of phenolic OH excluding ortho intramolecular Hbond substituents is 2. The number of hydrogen-bond acceptors (Lipinski definition) is 8. The number of methoxy groups -OCH3 is 1.